The predicted octanol–water partition coefficient (Wildman–Crippen LogP) is 2.59. The van der Waals surface area contributed by atoms with Gasteiger partial charge in [0, 0.05) is 6.61 Å². The fraction of sp³-hybridized carbons (Fsp3) is 1.00. The van der Waals surface area contributed by atoms with E-state index in [0.29, 0.717) is 17.4 Å². The van der Waals surface area contributed by atoms with Crippen molar-refractivity contribution in [1.82, 2.24) is 0 Å². The van der Waals surface area contributed by atoms with Crippen molar-refractivity contribution < 1.29 is 5.11 Å². The van der Waals surface area contributed by atoms with E-state index in [1.54, 1.807) is 0 Å². The van der Waals surface area contributed by atoms with E-state index in [4.69, 9.17) is 5.11 Å². The van der Waals surface area contributed by atoms with Crippen molar-refractivity contribution in [3.63, 3.8) is 0 Å². The van der Waals surface area contributed by atoms with Crippen LogP contribution in [0.1, 0.15) is 46.0 Å². The Morgan fingerprint density at radius 1 is 1.33 bits per heavy atom. The average molecular weight is 168 g/mol. The molecule has 0 bridgehead atoms. The summed E-state index contributed by atoms with van der Waals surface area (Å²) in [5, 5.41) is 8.98. The number of fused-ring (bicyclic) bond motifs is 1. The quantitative estimate of drug-likeness (QED) is 0.672. The molecule has 0 radical (unpaired) electrons. The summed E-state index contributed by atoms with van der Waals surface area (Å²) in [6, 6.07) is 0. The second-order valence-electron chi connectivity index (χ2n) is 5.43. The van der Waals surface area contributed by atoms with Gasteiger partial charge in [0.2, 0.25) is 0 Å². The summed E-state index contributed by atoms with van der Waals surface area (Å²) in [6.07, 6.45) is 6.59. The highest BCUT2D eigenvalue weighted by Crippen LogP contribution is 2.69. The largest absolute Gasteiger partial charge is 0.396 e. The Morgan fingerprint density at radius 3 is 2.75 bits per heavy atom. The molecular weight excluding hydrogens is 148 g/mol. The van der Waals surface area contributed by atoms with Crippen LogP contribution in [0, 0.1) is 16.7 Å². The van der Waals surface area contributed by atoms with Crippen molar-refractivity contribution in [3.8, 4) is 0 Å². The second-order valence-corrected chi connectivity index (χ2v) is 5.43. The molecule has 2 fully saturated rings. The van der Waals surface area contributed by atoms with Gasteiger partial charge in [-0.1, -0.05) is 20.3 Å². The van der Waals surface area contributed by atoms with E-state index in [0.717, 1.165) is 12.3 Å². The first-order valence-corrected chi connectivity index (χ1v) is 5.22. The fourth-order valence-corrected chi connectivity index (χ4v) is 3.42. The Morgan fingerprint density at radius 2 is 2.08 bits per heavy atom. The lowest BCUT2D eigenvalue weighted by molar-refractivity contribution is 0.140. The molecule has 0 amide bonds. The van der Waals surface area contributed by atoms with Crippen LogP contribution in [-0.4, -0.2) is 11.7 Å². The molecule has 12 heavy (non-hydrogen) atoms. The Kier molecular flexibility index (Phi) is 1.76. The van der Waals surface area contributed by atoms with Crippen molar-refractivity contribution in [2.24, 2.45) is 16.7 Å². The molecule has 0 saturated heterocycles. The predicted molar refractivity (Wildman–Crippen MR) is 49.9 cm³/mol. The first-order chi connectivity index (χ1) is 5.61. The van der Waals surface area contributed by atoms with Crippen LogP contribution >= 0.6 is 0 Å². The highest BCUT2D eigenvalue weighted by Gasteiger charge is 2.60. The van der Waals surface area contributed by atoms with Crippen LogP contribution in [0.5, 0.6) is 0 Å². The molecule has 1 N–H and O–H groups in total. The van der Waals surface area contributed by atoms with Gasteiger partial charge in [0.1, 0.15) is 0 Å². The van der Waals surface area contributed by atoms with Gasteiger partial charge in [0.05, 0.1) is 0 Å². The van der Waals surface area contributed by atoms with Gasteiger partial charge < -0.3 is 5.11 Å². The molecule has 0 heterocycles. The molecule has 0 spiro atoms. The van der Waals surface area contributed by atoms with Crippen LogP contribution in [0.25, 0.3) is 0 Å². The van der Waals surface area contributed by atoms with Gasteiger partial charge in [-0.3, -0.25) is 0 Å². The maximum absolute atomic E-state index is 8.98. The zero-order valence-electron chi connectivity index (χ0n) is 8.27. The zero-order valence-corrected chi connectivity index (χ0v) is 8.27. The Labute approximate surface area is 75.2 Å². The Bertz CT molecular complexity index is 181. The van der Waals surface area contributed by atoms with E-state index in [1.807, 2.05) is 0 Å². The van der Waals surface area contributed by atoms with E-state index in [1.165, 1.54) is 25.7 Å². The Balaban J connectivity index is 2.06. The molecule has 2 aliphatic rings. The van der Waals surface area contributed by atoms with Crippen LogP contribution < -0.4 is 0 Å². The first-order valence-electron chi connectivity index (χ1n) is 5.22. The summed E-state index contributed by atoms with van der Waals surface area (Å²) in [5.41, 5.74) is 1.14. The standard InChI is InChI=1S/C11H20O/c1-10(2)4-3-5-11(6-7-12)8-9(10)11/h9,12H,3-8H2,1-2H3. The Hall–Kier alpha value is -0.0400. The molecule has 0 aromatic heterocycles. The zero-order chi connectivity index (χ0) is 8.82. The van der Waals surface area contributed by atoms with Gasteiger partial charge in [0.25, 0.3) is 0 Å². The summed E-state index contributed by atoms with van der Waals surface area (Å²) in [7, 11) is 0. The second kappa shape index (κ2) is 2.47. The highest BCUT2D eigenvalue weighted by atomic mass is 16.3. The van der Waals surface area contributed by atoms with Crippen LogP contribution in [0.15, 0.2) is 0 Å². The number of hydrogen-bond acceptors (Lipinski definition) is 1. The lowest BCUT2D eigenvalue weighted by Crippen LogP contribution is -2.25. The molecule has 0 aromatic carbocycles. The molecule has 2 aliphatic carbocycles. The first kappa shape index (κ1) is 8.55. The van der Waals surface area contributed by atoms with Crippen LogP contribution in [0.2, 0.25) is 0 Å². The summed E-state index contributed by atoms with van der Waals surface area (Å²) < 4.78 is 0. The maximum atomic E-state index is 8.98. The van der Waals surface area contributed by atoms with E-state index in [-0.39, 0.29) is 0 Å². The van der Waals surface area contributed by atoms with Gasteiger partial charge in [-0.15, -0.1) is 0 Å². The summed E-state index contributed by atoms with van der Waals surface area (Å²) >= 11 is 0. The summed E-state index contributed by atoms with van der Waals surface area (Å²) in [5.74, 6) is 0.922. The fourth-order valence-electron chi connectivity index (χ4n) is 3.42. The third kappa shape index (κ3) is 1.10. The average Bonchev–Trinajstić information content (AvgIpc) is 2.64. The number of hydrogen-bond donors (Lipinski definition) is 1. The number of rotatable bonds is 2. The van der Waals surface area contributed by atoms with Crippen LogP contribution in [0.4, 0.5) is 0 Å². The van der Waals surface area contributed by atoms with E-state index >= 15 is 0 Å². The van der Waals surface area contributed by atoms with Crippen molar-refractivity contribution in [1.29, 1.82) is 0 Å². The monoisotopic (exact) mass is 168 g/mol. The van der Waals surface area contributed by atoms with Crippen LogP contribution in [-0.2, 0) is 0 Å². The topological polar surface area (TPSA) is 20.2 Å². The minimum absolute atomic E-state index is 0.395. The summed E-state index contributed by atoms with van der Waals surface area (Å²) in [6.45, 7) is 5.19. The van der Waals surface area contributed by atoms with E-state index in [2.05, 4.69) is 13.8 Å². The molecule has 2 unspecified atom stereocenters. The van der Waals surface area contributed by atoms with Gasteiger partial charge in [-0.2, -0.15) is 0 Å². The normalized spacial score (nSPS) is 43.8. The third-order valence-electron chi connectivity index (χ3n) is 4.24. The minimum Gasteiger partial charge on any atom is -0.396 e. The van der Waals surface area contributed by atoms with E-state index in [9.17, 15) is 0 Å². The van der Waals surface area contributed by atoms with Gasteiger partial charge in [-0.25, -0.2) is 0 Å². The smallest absolute Gasteiger partial charge is 0.0436 e. The number of aliphatic hydroxyl groups is 1. The SMILES string of the molecule is CC1(C)CCCC2(CCO)CC12. The van der Waals surface area contributed by atoms with Gasteiger partial charge in [-0.05, 0) is 42.4 Å². The van der Waals surface area contributed by atoms with Crippen LogP contribution in [0.3, 0.4) is 0 Å². The molecular formula is C11H20O. The molecule has 2 rings (SSSR count). The molecule has 1 nitrogen and oxygen atoms in total. The molecule has 1 heteroatoms. The molecule has 2 atom stereocenters. The lowest BCUT2D eigenvalue weighted by atomic mass is 9.71. The molecule has 0 aliphatic heterocycles. The van der Waals surface area contributed by atoms with Crippen molar-refractivity contribution in [2.75, 3.05) is 6.61 Å². The number of aliphatic hydroxyl groups excluding tert-OH is 1. The van der Waals surface area contributed by atoms with Gasteiger partial charge in [0.15, 0.2) is 0 Å². The lowest BCUT2D eigenvalue weighted by Gasteiger charge is -2.34. The van der Waals surface area contributed by atoms with Crippen molar-refractivity contribution in [3.05, 3.63) is 0 Å². The molecule has 0 aromatic rings. The minimum atomic E-state index is 0.395. The van der Waals surface area contributed by atoms with Crippen molar-refractivity contribution in [2.45, 2.75) is 46.0 Å². The van der Waals surface area contributed by atoms with Crippen molar-refractivity contribution >= 4 is 0 Å². The third-order valence-corrected chi connectivity index (χ3v) is 4.24. The highest BCUT2D eigenvalue weighted by molar-refractivity contribution is 5.10. The summed E-state index contributed by atoms with van der Waals surface area (Å²) in [4.78, 5) is 0. The van der Waals surface area contributed by atoms with Gasteiger partial charge >= 0.3 is 0 Å². The molecule has 2 saturated carbocycles. The van der Waals surface area contributed by atoms with E-state index < -0.39 is 0 Å². The maximum Gasteiger partial charge on any atom is 0.0436 e. The molecule has 70 valence electrons.